The van der Waals surface area contributed by atoms with Crippen LogP contribution in [0, 0.1) is 5.92 Å². The minimum absolute atomic E-state index is 0.130. The van der Waals surface area contributed by atoms with E-state index in [0.717, 1.165) is 73.3 Å². The number of nitrogens with one attached hydrogen (secondary N) is 2. The van der Waals surface area contributed by atoms with Gasteiger partial charge in [-0.2, -0.15) is 0 Å². The smallest absolute Gasteiger partial charge is 0.305 e. The normalized spacial score (nSPS) is 22.9. The summed E-state index contributed by atoms with van der Waals surface area (Å²) >= 11 is 7.51. The summed E-state index contributed by atoms with van der Waals surface area (Å²) in [6.45, 7) is 3.25. The maximum absolute atomic E-state index is 13.4. The van der Waals surface area contributed by atoms with Crippen molar-refractivity contribution in [3.63, 3.8) is 0 Å². The van der Waals surface area contributed by atoms with Gasteiger partial charge in [0.25, 0.3) is 5.91 Å². The standard InChI is InChI=1S/C29H33ClN6O3S/c1-35-12-9-22-25(16-35)40-28(34-22)27(38)33-23-14-17(29(39)36-10-3-2-4-11-36)5-7-21(23)32-26(37)24-15-18-13-19(30)6-8-20(18)31-24/h6,8,13,15,17,21,31H,2-5,7,9-12,14,16H2,1H3,(H,32,37)/t17?,21-/m0/s1. The predicted molar refractivity (Wildman–Crippen MR) is 156 cm³/mol. The van der Waals surface area contributed by atoms with Crippen molar-refractivity contribution in [2.24, 2.45) is 10.9 Å². The molecule has 210 valence electrons. The number of H-pyrrole nitrogens is 1. The van der Waals surface area contributed by atoms with Gasteiger partial charge in [-0.05, 0) is 69.8 Å². The second-order valence-corrected chi connectivity index (χ2v) is 12.6. The number of piperidine rings is 1. The summed E-state index contributed by atoms with van der Waals surface area (Å²) in [6, 6.07) is 6.73. The Labute approximate surface area is 242 Å². The van der Waals surface area contributed by atoms with Crippen LogP contribution in [0.15, 0.2) is 29.3 Å². The molecule has 40 heavy (non-hydrogen) atoms. The molecular weight excluding hydrogens is 548 g/mol. The molecule has 3 amide bonds. The lowest BCUT2D eigenvalue weighted by atomic mass is 9.83. The number of thiazole rings is 1. The van der Waals surface area contributed by atoms with Crippen molar-refractivity contribution in [3.05, 3.63) is 50.6 Å². The van der Waals surface area contributed by atoms with Gasteiger partial charge in [0.15, 0.2) is 5.01 Å². The monoisotopic (exact) mass is 580 g/mol. The number of hydrogen-bond donors (Lipinski definition) is 2. The first-order valence-corrected chi connectivity index (χ1v) is 15.2. The van der Waals surface area contributed by atoms with Crippen molar-refractivity contribution in [1.29, 1.82) is 0 Å². The number of fused-ring (bicyclic) bond motifs is 2. The van der Waals surface area contributed by atoms with Gasteiger partial charge in [-0.25, -0.2) is 9.98 Å². The Balaban J connectivity index is 1.24. The van der Waals surface area contributed by atoms with Gasteiger partial charge in [0.05, 0.1) is 11.7 Å². The average Bonchev–Trinajstić information content (AvgIpc) is 3.58. The Bertz CT molecular complexity index is 1490. The first kappa shape index (κ1) is 27.1. The largest absolute Gasteiger partial charge is 0.351 e. The number of aliphatic imine (C=N–C) groups is 1. The number of benzene rings is 1. The van der Waals surface area contributed by atoms with Crippen LogP contribution in [0.2, 0.25) is 5.02 Å². The van der Waals surface area contributed by atoms with Crippen LogP contribution in [0.5, 0.6) is 0 Å². The fourth-order valence-corrected chi connectivity index (χ4v) is 7.20. The maximum atomic E-state index is 13.4. The van der Waals surface area contributed by atoms with E-state index in [0.29, 0.717) is 40.7 Å². The highest BCUT2D eigenvalue weighted by Crippen LogP contribution is 2.29. The first-order chi connectivity index (χ1) is 19.3. The third-order valence-corrected chi connectivity index (χ3v) is 9.47. The molecule has 1 unspecified atom stereocenters. The van der Waals surface area contributed by atoms with Crippen molar-refractivity contribution in [3.8, 4) is 0 Å². The van der Waals surface area contributed by atoms with Crippen LogP contribution in [0.1, 0.15) is 69.4 Å². The van der Waals surface area contributed by atoms with E-state index in [2.05, 4.69) is 32.2 Å². The number of nitrogens with zero attached hydrogens (tertiary/aromatic N) is 4. The van der Waals surface area contributed by atoms with Gasteiger partial charge < -0.3 is 20.1 Å². The molecule has 6 rings (SSSR count). The third-order valence-electron chi connectivity index (χ3n) is 8.16. The summed E-state index contributed by atoms with van der Waals surface area (Å²) in [6.07, 6.45) is 5.53. The highest BCUT2D eigenvalue weighted by Gasteiger charge is 2.35. The second kappa shape index (κ2) is 11.4. The van der Waals surface area contributed by atoms with E-state index in [1.165, 1.54) is 11.3 Å². The number of hydrogen-bond acceptors (Lipinski definition) is 6. The molecule has 2 fully saturated rings. The van der Waals surface area contributed by atoms with Crippen LogP contribution in [-0.4, -0.2) is 75.9 Å². The van der Waals surface area contributed by atoms with E-state index in [1.807, 2.05) is 11.0 Å². The molecule has 2 aliphatic heterocycles. The van der Waals surface area contributed by atoms with Gasteiger partial charge in [-0.15, -0.1) is 11.3 Å². The van der Waals surface area contributed by atoms with Crippen molar-refractivity contribution < 1.29 is 14.4 Å². The van der Waals surface area contributed by atoms with Gasteiger partial charge in [0.1, 0.15) is 5.69 Å². The van der Waals surface area contributed by atoms with Crippen LogP contribution < -0.4 is 5.32 Å². The topological polar surface area (TPSA) is 111 Å². The number of carbonyl (C=O) groups excluding carboxylic acids is 3. The molecule has 3 aliphatic rings. The molecule has 2 aromatic heterocycles. The first-order valence-electron chi connectivity index (χ1n) is 14.0. The van der Waals surface area contributed by atoms with Crippen LogP contribution >= 0.6 is 22.9 Å². The molecule has 2 atom stereocenters. The van der Waals surface area contributed by atoms with E-state index < -0.39 is 11.9 Å². The molecule has 9 nitrogen and oxygen atoms in total. The molecule has 0 radical (unpaired) electrons. The Hall–Kier alpha value is -3.08. The molecule has 2 N–H and O–H groups in total. The number of likely N-dealkylation sites (N-methyl/N-ethyl adjacent to an activating group) is 1. The predicted octanol–water partition coefficient (Wildman–Crippen LogP) is 4.46. The molecule has 0 spiro atoms. The molecule has 3 aromatic rings. The van der Waals surface area contributed by atoms with Gasteiger partial charge in [-0.1, -0.05) is 11.6 Å². The van der Waals surface area contributed by atoms with Crippen LogP contribution in [0.25, 0.3) is 10.9 Å². The molecule has 1 aromatic carbocycles. The Morgan fingerprint density at radius 2 is 1.95 bits per heavy atom. The lowest BCUT2D eigenvalue weighted by molar-refractivity contribution is -0.136. The Kier molecular flexibility index (Phi) is 7.74. The minimum atomic E-state index is -0.447. The molecule has 0 bridgehead atoms. The quantitative estimate of drug-likeness (QED) is 0.473. The maximum Gasteiger partial charge on any atom is 0.305 e. The lowest BCUT2D eigenvalue weighted by Crippen LogP contribution is -2.48. The molecule has 1 aliphatic carbocycles. The number of likely N-dealkylation sites (tertiary alicyclic amines) is 1. The summed E-state index contributed by atoms with van der Waals surface area (Å²) in [5, 5.41) is 4.89. The molecule has 4 heterocycles. The van der Waals surface area contributed by atoms with Gasteiger partial charge in [0.2, 0.25) is 5.91 Å². The van der Waals surface area contributed by atoms with Gasteiger partial charge in [-0.3, -0.25) is 14.4 Å². The lowest BCUT2D eigenvalue weighted by Gasteiger charge is -2.34. The van der Waals surface area contributed by atoms with E-state index in [-0.39, 0.29) is 17.7 Å². The van der Waals surface area contributed by atoms with E-state index in [1.54, 1.807) is 18.2 Å². The summed E-state index contributed by atoms with van der Waals surface area (Å²) in [4.78, 5) is 57.5. The number of amides is 3. The molecule has 11 heteroatoms. The summed E-state index contributed by atoms with van der Waals surface area (Å²) < 4.78 is 0. The van der Waals surface area contributed by atoms with Crippen molar-refractivity contribution in [2.75, 3.05) is 26.7 Å². The average molecular weight is 581 g/mol. The highest BCUT2D eigenvalue weighted by atomic mass is 35.5. The van der Waals surface area contributed by atoms with E-state index in [9.17, 15) is 14.4 Å². The molecule has 1 saturated heterocycles. The van der Waals surface area contributed by atoms with Gasteiger partial charge >= 0.3 is 5.91 Å². The summed E-state index contributed by atoms with van der Waals surface area (Å²) in [7, 11) is 2.06. The Morgan fingerprint density at radius 1 is 1.12 bits per heavy atom. The molecular formula is C29H33ClN6O3S. The number of rotatable bonds is 4. The zero-order valence-electron chi connectivity index (χ0n) is 22.5. The van der Waals surface area contributed by atoms with E-state index >= 15 is 0 Å². The SMILES string of the molecule is CN1CCc2nc(C(=O)N=C3CC(C(=O)N4CCCCC4)CC[C@@H]3NC(=O)c3cc4cc(Cl)ccc4[nH]3)sc2C1. The van der Waals surface area contributed by atoms with Crippen LogP contribution in [0.3, 0.4) is 0 Å². The highest BCUT2D eigenvalue weighted by molar-refractivity contribution is 7.13. The van der Waals surface area contributed by atoms with Crippen LogP contribution in [-0.2, 0) is 17.8 Å². The summed E-state index contributed by atoms with van der Waals surface area (Å²) in [5.74, 6) is -0.801. The number of halogens is 1. The van der Waals surface area contributed by atoms with E-state index in [4.69, 9.17) is 11.6 Å². The number of aromatic nitrogens is 2. The van der Waals surface area contributed by atoms with Crippen molar-refractivity contribution >= 4 is 57.3 Å². The van der Waals surface area contributed by atoms with Crippen molar-refractivity contribution in [2.45, 2.75) is 57.5 Å². The Morgan fingerprint density at radius 3 is 2.77 bits per heavy atom. The van der Waals surface area contributed by atoms with Crippen LogP contribution in [0.4, 0.5) is 0 Å². The second-order valence-electron chi connectivity index (χ2n) is 11.1. The zero-order valence-corrected chi connectivity index (χ0v) is 24.1. The van der Waals surface area contributed by atoms with Crippen molar-refractivity contribution in [1.82, 2.24) is 25.1 Å². The van der Waals surface area contributed by atoms with Gasteiger partial charge in [0, 0.05) is 65.0 Å². The summed E-state index contributed by atoms with van der Waals surface area (Å²) in [5.41, 5.74) is 2.74. The third kappa shape index (κ3) is 5.70. The fourth-order valence-electron chi connectivity index (χ4n) is 5.95. The number of carbonyl (C=O) groups is 3. The zero-order chi connectivity index (χ0) is 27.8. The minimum Gasteiger partial charge on any atom is -0.351 e. The fraction of sp³-hybridized carbons (Fsp3) is 0.483. The number of aromatic amines is 1. The molecule has 1 saturated carbocycles.